The van der Waals surface area contributed by atoms with E-state index in [4.69, 9.17) is 11.5 Å². The summed E-state index contributed by atoms with van der Waals surface area (Å²) in [6.07, 6.45) is 4.95. The van der Waals surface area contributed by atoms with Crippen LogP contribution >= 0.6 is 0 Å². The molecule has 0 amide bonds. The van der Waals surface area contributed by atoms with Crippen LogP contribution < -0.4 is 22.7 Å². The average molecular weight is 322 g/mol. The van der Waals surface area contributed by atoms with Gasteiger partial charge in [-0.25, -0.2) is 4.79 Å². The molecule has 0 aromatic carbocycles. The van der Waals surface area contributed by atoms with Crippen LogP contribution in [0.25, 0.3) is 0 Å². The molecule has 1 aromatic heterocycles. The maximum Gasteiger partial charge on any atom is 0.331 e. The number of aromatic hydroxyl groups is 1. The zero-order valence-corrected chi connectivity index (χ0v) is 13.1. The summed E-state index contributed by atoms with van der Waals surface area (Å²) in [4.78, 5) is 26.5. The minimum atomic E-state index is -0.703. The Balaban J connectivity index is 2.60. The third-order valence-electron chi connectivity index (χ3n) is 3.97. The molecule has 0 aliphatic heterocycles. The molecule has 1 saturated carbocycles. The van der Waals surface area contributed by atoms with Crippen LogP contribution in [0.4, 0.5) is 0 Å². The van der Waals surface area contributed by atoms with E-state index in [1.807, 2.05) is 0 Å². The summed E-state index contributed by atoms with van der Waals surface area (Å²) in [7, 11) is 0. The number of hydrogen-bond donors (Lipinski definition) is 4. The van der Waals surface area contributed by atoms with Crippen LogP contribution in [0.2, 0.25) is 0 Å². The Morgan fingerprint density at radius 1 is 1.26 bits per heavy atom. The van der Waals surface area contributed by atoms with Gasteiger partial charge in [0.1, 0.15) is 5.56 Å². The minimum absolute atomic E-state index is 0.0670. The summed E-state index contributed by atoms with van der Waals surface area (Å²) in [5.41, 5.74) is 9.30. The van der Waals surface area contributed by atoms with Gasteiger partial charge in [-0.15, -0.1) is 5.10 Å². The predicted molar refractivity (Wildman–Crippen MR) is 87.7 cm³/mol. The Bertz CT molecular complexity index is 736. The van der Waals surface area contributed by atoms with E-state index in [9.17, 15) is 14.7 Å². The van der Waals surface area contributed by atoms with Crippen LogP contribution in [0.3, 0.4) is 0 Å². The molecule has 0 atom stereocenters. The Labute approximate surface area is 132 Å². The molecule has 9 nitrogen and oxygen atoms in total. The maximum absolute atomic E-state index is 12.1. The lowest BCUT2D eigenvalue weighted by Crippen LogP contribution is -2.36. The van der Waals surface area contributed by atoms with Crippen LogP contribution in [-0.4, -0.2) is 26.3 Å². The number of aromatic nitrogens is 2. The third kappa shape index (κ3) is 3.61. The highest BCUT2D eigenvalue weighted by Crippen LogP contribution is 2.30. The van der Waals surface area contributed by atoms with Crippen molar-refractivity contribution in [3.05, 3.63) is 26.4 Å². The zero-order chi connectivity index (χ0) is 17.0. The highest BCUT2D eigenvalue weighted by atomic mass is 16.3. The predicted octanol–water partition coefficient (Wildman–Crippen LogP) is 0.135. The van der Waals surface area contributed by atoms with Gasteiger partial charge in [0.25, 0.3) is 5.56 Å². The molecule has 1 aromatic rings. The first-order chi connectivity index (χ1) is 11.0. The Kier molecular flexibility index (Phi) is 5.20. The molecule has 1 heterocycles. The van der Waals surface area contributed by atoms with Crippen molar-refractivity contribution in [1.82, 2.24) is 9.55 Å². The normalized spacial score (nSPS) is 16.3. The third-order valence-corrected chi connectivity index (χ3v) is 3.97. The summed E-state index contributed by atoms with van der Waals surface area (Å²) in [6, 6.07) is -0.131. The number of rotatable bonds is 4. The van der Waals surface area contributed by atoms with Gasteiger partial charge in [-0.2, -0.15) is 5.10 Å². The molecule has 23 heavy (non-hydrogen) atoms. The Morgan fingerprint density at radius 2 is 1.91 bits per heavy atom. The molecule has 0 saturated heterocycles. The summed E-state index contributed by atoms with van der Waals surface area (Å²) < 4.78 is 1.25. The van der Waals surface area contributed by atoms with Gasteiger partial charge < -0.3 is 16.6 Å². The molecule has 2 rings (SSSR count). The summed E-state index contributed by atoms with van der Waals surface area (Å²) >= 11 is 0. The molecule has 1 aliphatic carbocycles. The van der Waals surface area contributed by atoms with Gasteiger partial charge in [0.15, 0.2) is 0 Å². The SMILES string of the molecule is CC/C(=N\N=C(N)N)c1c(O)n(C2CCCCC2)c(=O)[nH]c1=O. The van der Waals surface area contributed by atoms with Crippen molar-refractivity contribution in [2.75, 3.05) is 0 Å². The van der Waals surface area contributed by atoms with Gasteiger partial charge in [0, 0.05) is 6.04 Å². The van der Waals surface area contributed by atoms with Crippen LogP contribution in [-0.2, 0) is 0 Å². The molecule has 0 spiro atoms. The highest BCUT2D eigenvalue weighted by Gasteiger charge is 2.24. The molecular weight excluding hydrogens is 300 g/mol. The monoisotopic (exact) mass is 322 g/mol. The largest absolute Gasteiger partial charge is 0.494 e. The molecule has 1 fully saturated rings. The van der Waals surface area contributed by atoms with Crippen LogP contribution in [0.15, 0.2) is 19.8 Å². The molecule has 0 bridgehead atoms. The molecular formula is C14H22N6O3. The van der Waals surface area contributed by atoms with E-state index in [2.05, 4.69) is 15.2 Å². The van der Waals surface area contributed by atoms with Crippen LogP contribution in [0.1, 0.15) is 57.1 Å². The zero-order valence-electron chi connectivity index (χ0n) is 13.1. The van der Waals surface area contributed by atoms with E-state index < -0.39 is 11.2 Å². The number of guanidine groups is 1. The van der Waals surface area contributed by atoms with Gasteiger partial charge in [-0.1, -0.05) is 26.2 Å². The topological polar surface area (TPSA) is 152 Å². The number of hydrogen-bond acceptors (Lipinski definition) is 5. The summed E-state index contributed by atoms with van der Waals surface area (Å²) in [5, 5.41) is 17.9. The second-order valence-corrected chi connectivity index (χ2v) is 5.54. The van der Waals surface area contributed by atoms with Gasteiger partial charge in [-0.05, 0) is 19.3 Å². The van der Waals surface area contributed by atoms with E-state index in [0.29, 0.717) is 6.42 Å². The first-order valence-corrected chi connectivity index (χ1v) is 7.69. The van der Waals surface area contributed by atoms with Crippen molar-refractivity contribution < 1.29 is 5.11 Å². The molecule has 0 radical (unpaired) electrons. The number of nitrogens with zero attached hydrogens (tertiary/aromatic N) is 3. The lowest BCUT2D eigenvalue weighted by molar-refractivity contribution is 0.298. The van der Waals surface area contributed by atoms with Crippen molar-refractivity contribution >= 4 is 11.7 Å². The van der Waals surface area contributed by atoms with Crippen molar-refractivity contribution in [1.29, 1.82) is 0 Å². The number of aromatic amines is 1. The fourth-order valence-electron chi connectivity index (χ4n) is 2.89. The molecule has 9 heteroatoms. The average Bonchev–Trinajstić information content (AvgIpc) is 2.51. The number of H-pyrrole nitrogens is 1. The Morgan fingerprint density at radius 3 is 2.48 bits per heavy atom. The van der Waals surface area contributed by atoms with Crippen LogP contribution in [0.5, 0.6) is 5.88 Å². The van der Waals surface area contributed by atoms with E-state index in [1.165, 1.54) is 4.57 Å². The Hall–Kier alpha value is -2.58. The molecule has 1 aliphatic rings. The van der Waals surface area contributed by atoms with Crippen molar-refractivity contribution in [2.45, 2.75) is 51.5 Å². The van der Waals surface area contributed by atoms with E-state index >= 15 is 0 Å². The second kappa shape index (κ2) is 7.12. The standard InChI is InChI=1S/C14H22N6O3/c1-2-9(18-19-13(15)16)10-11(21)17-14(23)20(12(10)22)8-6-4-3-5-7-8/h8,22H,2-7H2,1H3,(H4,15,16,19)(H,17,21,23)/b18-9+. The first kappa shape index (κ1) is 16.8. The second-order valence-electron chi connectivity index (χ2n) is 5.54. The van der Waals surface area contributed by atoms with Gasteiger partial charge >= 0.3 is 5.69 Å². The summed E-state index contributed by atoms with van der Waals surface area (Å²) in [6.45, 7) is 1.75. The van der Waals surface area contributed by atoms with E-state index in [0.717, 1.165) is 32.1 Å². The fraction of sp³-hybridized carbons (Fsp3) is 0.571. The number of nitrogens with two attached hydrogens (primary N) is 2. The fourth-order valence-corrected chi connectivity index (χ4v) is 2.89. The summed E-state index contributed by atoms with van der Waals surface area (Å²) in [5.74, 6) is -0.635. The van der Waals surface area contributed by atoms with Crippen molar-refractivity contribution in [3.8, 4) is 5.88 Å². The van der Waals surface area contributed by atoms with Crippen molar-refractivity contribution in [2.24, 2.45) is 21.7 Å². The lowest BCUT2D eigenvalue weighted by Gasteiger charge is -2.25. The molecule has 0 unspecified atom stereocenters. The minimum Gasteiger partial charge on any atom is -0.494 e. The van der Waals surface area contributed by atoms with Gasteiger partial charge in [-0.3, -0.25) is 14.3 Å². The highest BCUT2D eigenvalue weighted by molar-refractivity contribution is 6.02. The van der Waals surface area contributed by atoms with E-state index in [-0.39, 0.29) is 29.2 Å². The molecule has 6 N–H and O–H groups in total. The quantitative estimate of drug-likeness (QED) is 0.353. The smallest absolute Gasteiger partial charge is 0.331 e. The first-order valence-electron chi connectivity index (χ1n) is 7.69. The lowest BCUT2D eigenvalue weighted by atomic mass is 9.95. The van der Waals surface area contributed by atoms with E-state index in [1.54, 1.807) is 6.92 Å². The van der Waals surface area contributed by atoms with Gasteiger partial charge in [0.2, 0.25) is 11.8 Å². The van der Waals surface area contributed by atoms with Crippen molar-refractivity contribution in [3.63, 3.8) is 0 Å². The molecule has 126 valence electrons. The maximum atomic E-state index is 12.1. The van der Waals surface area contributed by atoms with Crippen LogP contribution in [0, 0.1) is 0 Å². The van der Waals surface area contributed by atoms with Gasteiger partial charge in [0.05, 0.1) is 5.71 Å². The number of nitrogens with one attached hydrogen (secondary N) is 1.